The number of aliphatic carboxylic acids is 1. The molecule has 0 fully saturated rings. The first kappa shape index (κ1) is 9.64. The Labute approximate surface area is 66.1 Å². The average Bonchev–Trinajstić information content (AvgIpc) is 1.85. The zero-order valence-corrected chi connectivity index (χ0v) is 6.92. The van der Waals surface area contributed by atoms with E-state index in [0.29, 0.717) is 0 Å². The van der Waals surface area contributed by atoms with Crippen LogP contribution in [-0.2, 0) is 4.79 Å². The molecule has 10 heavy (non-hydrogen) atoms. The number of carbonyl (C=O) groups is 2. The SMILES string of the molecule is CSSC(=O)NCC(=O)O. The first-order chi connectivity index (χ1) is 4.66. The minimum absolute atomic E-state index is 0.313. The highest BCUT2D eigenvalue weighted by Crippen LogP contribution is 2.16. The molecule has 2 N–H and O–H groups in total. The number of rotatable bonds is 3. The van der Waals surface area contributed by atoms with E-state index in [2.05, 4.69) is 5.32 Å². The molecule has 0 aromatic carbocycles. The van der Waals surface area contributed by atoms with Crippen LogP contribution in [0.25, 0.3) is 0 Å². The minimum atomic E-state index is -1.03. The Morgan fingerprint density at radius 3 is 2.60 bits per heavy atom. The number of amides is 1. The van der Waals surface area contributed by atoms with Crippen molar-refractivity contribution >= 4 is 32.8 Å². The van der Waals surface area contributed by atoms with Crippen LogP contribution >= 0.6 is 21.6 Å². The predicted octanol–water partition coefficient (Wildman–Crippen LogP) is 0.792. The van der Waals surface area contributed by atoms with Crippen LogP contribution in [-0.4, -0.2) is 29.1 Å². The molecule has 1 amide bonds. The molecule has 0 bridgehead atoms. The molecule has 0 unspecified atom stereocenters. The average molecular weight is 181 g/mol. The maximum Gasteiger partial charge on any atom is 0.323 e. The van der Waals surface area contributed by atoms with Gasteiger partial charge in [-0.3, -0.25) is 9.59 Å². The zero-order chi connectivity index (χ0) is 7.98. The van der Waals surface area contributed by atoms with Crippen molar-refractivity contribution in [1.29, 1.82) is 0 Å². The molecule has 0 atom stereocenters. The van der Waals surface area contributed by atoms with Gasteiger partial charge in [0, 0.05) is 10.8 Å². The summed E-state index contributed by atoms with van der Waals surface area (Å²) in [6.07, 6.45) is 1.74. The molecule has 58 valence electrons. The molecule has 0 saturated carbocycles. The van der Waals surface area contributed by atoms with Crippen LogP contribution in [0.5, 0.6) is 0 Å². The van der Waals surface area contributed by atoms with Crippen molar-refractivity contribution in [2.45, 2.75) is 0 Å². The van der Waals surface area contributed by atoms with Crippen LogP contribution in [0.15, 0.2) is 0 Å². The van der Waals surface area contributed by atoms with E-state index in [-0.39, 0.29) is 11.8 Å². The smallest absolute Gasteiger partial charge is 0.323 e. The van der Waals surface area contributed by atoms with Crippen molar-refractivity contribution in [1.82, 2.24) is 5.32 Å². The highest BCUT2D eigenvalue weighted by Gasteiger charge is 2.01. The first-order valence-corrected chi connectivity index (χ1v) is 4.93. The summed E-state index contributed by atoms with van der Waals surface area (Å²) in [6, 6.07) is 0. The molecule has 0 heterocycles. The number of carboxylic acid groups (broad SMARTS) is 1. The third kappa shape index (κ3) is 5.77. The van der Waals surface area contributed by atoms with Crippen LogP contribution in [0.2, 0.25) is 0 Å². The van der Waals surface area contributed by atoms with Gasteiger partial charge < -0.3 is 10.4 Å². The number of carboxylic acids is 1. The Morgan fingerprint density at radius 2 is 2.20 bits per heavy atom. The Hall–Kier alpha value is -0.360. The van der Waals surface area contributed by atoms with E-state index in [1.165, 1.54) is 10.8 Å². The van der Waals surface area contributed by atoms with E-state index in [1.54, 1.807) is 6.26 Å². The molecule has 0 aliphatic carbocycles. The fraction of sp³-hybridized carbons (Fsp3) is 0.500. The van der Waals surface area contributed by atoms with Crippen molar-refractivity contribution in [3.8, 4) is 0 Å². The fourth-order valence-corrected chi connectivity index (χ4v) is 1.17. The standard InChI is InChI=1S/C4H7NO3S2/c1-9-10-4(8)5-2-3(6)7/h2H2,1H3,(H,5,8)(H,6,7). The van der Waals surface area contributed by atoms with Gasteiger partial charge in [0.2, 0.25) is 0 Å². The fourth-order valence-electron chi connectivity index (χ4n) is 0.253. The number of hydrogen-bond acceptors (Lipinski definition) is 4. The molecule has 0 spiro atoms. The maximum atomic E-state index is 10.5. The van der Waals surface area contributed by atoms with Gasteiger partial charge in [0.05, 0.1) is 0 Å². The van der Waals surface area contributed by atoms with Crippen molar-refractivity contribution < 1.29 is 14.7 Å². The Morgan fingerprint density at radius 1 is 1.60 bits per heavy atom. The van der Waals surface area contributed by atoms with Crippen LogP contribution in [0.3, 0.4) is 0 Å². The molecule has 0 aliphatic heterocycles. The van der Waals surface area contributed by atoms with Gasteiger partial charge in [-0.05, 0) is 6.26 Å². The third-order valence-electron chi connectivity index (χ3n) is 0.543. The largest absolute Gasteiger partial charge is 0.480 e. The van der Waals surface area contributed by atoms with Crippen molar-refractivity contribution in [3.05, 3.63) is 0 Å². The Bertz CT molecular complexity index is 138. The van der Waals surface area contributed by atoms with E-state index in [1.807, 2.05) is 0 Å². The summed E-state index contributed by atoms with van der Waals surface area (Å²) >= 11 is 0. The second-order valence-electron chi connectivity index (χ2n) is 1.28. The molecule has 0 aliphatic rings. The van der Waals surface area contributed by atoms with Crippen LogP contribution in [0.1, 0.15) is 0 Å². The lowest BCUT2D eigenvalue weighted by molar-refractivity contribution is -0.135. The quantitative estimate of drug-likeness (QED) is 0.630. The predicted molar refractivity (Wildman–Crippen MR) is 42.1 cm³/mol. The lowest BCUT2D eigenvalue weighted by atomic mass is 10.7. The van der Waals surface area contributed by atoms with E-state index in [4.69, 9.17) is 5.11 Å². The summed E-state index contributed by atoms with van der Waals surface area (Å²) in [7, 11) is 2.25. The number of hydrogen-bond donors (Lipinski definition) is 2. The number of carbonyl (C=O) groups excluding carboxylic acids is 1. The van der Waals surface area contributed by atoms with Gasteiger partial charge in [-0.2, -0.15) is 0 Å². The van der Waals surface area contributed by atoms with Crippen LogP contribution < -0.4 is 5.32 Å². The second kappa shape index (κ2) is 5.43. The van der Waals surface area contributed by atoms with Crippen molar-refractivity contribution in [3.63, 3.8) is 0 Å². The molecule has 6 heteroatoms. The molecule has 0 radical (unpaired) electrons. The summed E-state index contributed by atoms with van der Waals surface area (Å²) in [5.74, 6) is -1.03. The minimum Gasteiger partial charge on any atom is -0.480 e. The summed E-state index contributed by atoms with van der Waals surface area (Å²) in [6.45, 7) is -0.313. The van der Waals surface area contributed by atoms with E-state index < -0.39 is 5.97 Å². The Balaban J connectivity index is 3.30. The highest BCUT2D eigenvalue weighted by atomic mass is 33.1. The Kier molecular flexibility index (Phi) is 5.23. The van der Waals surface area contributed by atoms with Gasteiger partial charge in [0.25, 0.3) is 5.24 Å². The lowest BCUT2D eigenvalue weighted by Gasteiger charge is -1.96. The maximum absolute atomic E-state index is 10.5. The van der Waals surface area contributed by atoms with Crippen molar-refractivity contribution in [2.75, 3.05) is 12.8 Å². The van der Waals surface area contributed by atoms with Gasteiger partial charge >= 0.3 is 5.97 Å². The van der Waals surface area contributed by atoms with Crippen LogP contribution in [0, 0.1) is 0 Å². The molecular formula is C4H7NO3S2. The topological polar surface area (TPSA) is 66.4 Å². The summed E-state index contributed by atoms with van der Waals surface area (Å²) < 4.78 is 0. The van der Waals surface area contributed by atoms with Crippen LogP contribution in [0.4, 0.5) is 4.79 Å². The summed E-state index contributed by atoms with van der Waals surface area (Å²) in [4.78, 5) is 20.4. The highest BCUT2D eigenvalue weighted by molar-refractivity contribution is 8.81. The molecule has 0 aromatic rings. The normalized spacial score (nSPS) is 8.90. The molecule has 4 nitrogen and oxygen atoms in total. The third-order valence-corrected chi connectivity index (χ3v) is 1.96. The zero-order valence-electron chi connectivity index (χ0n) is 5.29. The van der Waals surface area contributed by atoms with E-state index in [9.17, 15) is 9.59 Å². The van der Waals surface area contributed by atoms with Crippen molar-refractivity contribution in [2.24, 2.45) is 0 Å². The molecule has 0 rings (SSSR count). The summed E-state index contributed by atoms with van der Waals surface area (Å²) in [5, 5.41) is 9.96. The van der Waals surface area contributed by atoms with Gasteiger partial charge in [-0.25, -0.2) is 0 Å². The number of nitrogens with one attached hydrogen (secondary N) is 1. The first-order valence-electron chi connectivity index (χ1n) is 2.37. The van der Waals surface area contributed by atoms with E-state index in [0.717, 1.165) is 10.8 Å². The second-order valence-corrected chi connectivity index (χ2v) is 3.66. The molecular weight excluding hydrogens is 174 g/mol. The molecule has 0 saturated heterocycles. The van der Waals surface area contributed by atoms with Gasteiger partial charge in [0.15, 0.2) is 0 Å². The lowest BCUT2D eigenvalue weighted by Crippen LogP contribution is -2.25. The van der Waals surface area contributed by atoms with Gasteiger partial charge in [-0.1, -0.05) is 10.8 Å². The van der Waals surface area contributed by atoms with E-state index >= 15 is 0 Å². The van der Waals surface area contributed by atoms with Gasteiger partial charge in [-0.15, -0.1) is 0 Å². The molecule has 0 aromatic heterocycles. The van der Waals surface area contributed by atoms with Gasteiger partial charge in [0.1, 0.15) is 6.54 Å². The monoisotopic (exact) mass is 181 g/mol. The summed E-state index contributed by atoms with van der Waals surface area (Å²) in [5.41, 5.74) is 0.